The summed E-state index contributed by atoms with van der Waals surface area (Å²) in [5.74, 6) is 0.917. The molecule has 1 fully saturated rings. The van der Waals surface area contributed by atoms with E-state index in [2.05, 4.69) is 46.9 Å². The van der Waals surface area contributed by atoms with Gasteiger partial charge in [-0.05, 0) is 54.2 Å². The van der Waals surface area contributed by atoms with Crippen LogP contribution in [0, 0.1) is 5.41 Å². The molecule has 0 saturated heterocycles. The molecule has 0 bridgehead atoms. The first-order chi connectivity index (χ1) is 8.58. The molecule has 0 radical (unpaired) electrons. The molecule has 1 N–H and O–H groups in total. The van der Waals surface area contributed by atoms with Gasteiger partial charge >= 0.3 is 0 Å². The molecular formula is C14H18BrNOS. The standard InChI is InChI=1S/C14H18BrNOS/c1-2-10-7-11(15)3-4-12(10)16-13(17)8-14(9-18)5-6-14/h3-4,7,18H,2,5-6,8-9H2,1H3,(H,16,17). The molecule has 4 heteroatoms. The van der Waals surface area contributed by atoms with Crippen molar-refractivity contribution in [3.63, 3.8) is 0 Å². The molecule has 0 aromatic heterocycles. The molecule has 1 amide bonds. The van der Waals surface area contributed by atoms with E-state index in [1.54, 1.807) is 0 Å². The number of benzene rings is 1. The molecule has 2 nitrogen and oxygen atoms in total. The normalized spacial score (nSPS) is 16.4. The Morgan fingerprint density at radius 3 is 2.78 bits per heavy atom. The average molecular weight is 328 g/mol. The lowest BCUT2D eigenvalue weighted by atomic mass is 10.0. The summed E-state index contributed by atoms with van der Waals surface area (Å²) in [7, 11) is 0. The van der Waals surface area contributed by atoms with Crippen LogP contribution in [0.3, 0.4) is 0 Å². The van der Waals surface area contributed by atoms with Crippen LogP contribution < -0.4 is 5.32 Å². The molecule has 0 unspecified atom stereocenters. The highest BCUT2D eigenvalue weighted by atomic mass is 79.9. The minimum absolute atomic E-state index is 0.110. The van der Waals surface area contributed by atoms with E-state index >= 15 is 0 Å². The van der Waals surface area contributed by atoms with E-state index in [0.29, 0.717) is 6.42 Å². The van der Waals surface area contributed by atoms with Crippen LogP contribution in [0.1, 0.15) is 31.7 Å². The number of aryl methyl sites for hydroxylation is 1. The van der Waals surface area contributed by atoms with Gasteiger partial charge in [-0.1, -0.05) is 22.9 Å². The van der Waals surface area contributed by atoms with Crippen LogP contribution in [0.4, 0.5) is 5.69 Å². The number of hydrogen-bond donors (Lipinski definition) is 2. The lowest BCUT2D eigenvalue weighted by Gasteiger charge is -2.14. The molecule has 98 valence electrons. The van der Waals surface area contributed by atoms with Gasteiger partial charge in [-0.15, -0.1) is 0 Å². The van der Waals surface area contributed by atoms with E-state index in [9.17, 15) is 4.79 Å². The topological polar surface area (TPSA) is 29.1 Å². The van der Waals surface area contributed by atoms with Crippen LogP contribution in [0.5, 0.6) is 0 Å². The highest BCUT2D eigenvalue weighted by Crippen LogP contribution is 2.49. The quantitative estimate of drug-likeness (QED) is 0.785. The van der Waals surface area contributed by atoms with Gasteiger partial charge in [0.25, 0.3) is 0 Å². The zero-order valence-electron chi connectivity index (χ0n) is 10.5. The zero-order chi connectivity index (χ0) is 13.2. The van der Waals surface area contributed by atoms with Gasteiger partial charge in [-0.3, -0.25) is 4.79 Å². The van der Waals surface area contributed by atoms with Gasteiger partial charge in [-0.25, -0.2) is 0 Å². The molecule has 1 aromatic rings. The largest absolute Gasteiger partial charge is 0.326 e. The SMILES string of the molecule is CCc1cc(Br)ccc1NC(=O)CC1(CS)CC1. The van der Waals surface area contributed by atoms with Crippen LogP contribution in [0.15, 0.2) is 22.7 Å². The Balaban J connectivity index is 2.02. The summed E-state index contributed by atoms with van der Waals surface area (Å²) < 4.78 is 1.05. The van der Waals surface area contributed by atoms with Crippen LogP contribution >= 0.6 is 28.6 Å². The zero-order valence-corrected chi connectivity index (χ0v) is 13.0. The van der Waals surface area contributed by atoms with E-state index < -0.39 is 0 Å². The highest BCUT2D eigenvalue weighted by Gasteiger charge is 2.42. The van der Waals surface area contributed by atoms with Crippen molar-refractivity contribution in [3.8, 4) is 0 Å². The minimum Gasteiger partial charge on any atom is -0.326 e. The number of amides is 1. The third-order valence-electron chi connectivity index (χ3n) is 3.55. The Morgan fingerprint density at radius 2 is 2.22 bits per heavy atom. The maximum absolute atomic E-state index is 12.0. The first-order valence-electron chi connectivity index (χ1n) is 6.28. The van der Waals surface area contributed by atoms with Crippen molar-refractivity contribution in [2.45, 2.75) is 32.6 Å². The highest BCUT2D eigenvalue weighted by molar-refractivity contribution is 9.10. The van der Waals surface area contributed by atoms with Crippen molar-refractivity contribution < 1.29 is 4.79 Å². The molecular weight excluding hydrogens is 310 g/mol. The number of thiol groups is 1. The summed E-state index contributed by atoms with van der Waals surface area (Å²) in [6.45, 7) is 2.09. The third kappa shape index (κ3) is 3.29. The van der Waals surface area contributed by atoms with E-state index in [1.807, 2.05) is 12.1 Å². The number of anilines is 1. The van der Waals surface area contributed by atoms with Crippen LogP contribution in [-0.2, 0) is 11.2 Å². The fourth-order valence-corrected chi connectivity index (χ4v) is 2.92. The third-order valence-corrected chi connectivity index (χ3v) is 4.71. The molecule has 0 atom stereocenters. The van der Waals surface area contributed by atoms with Gasteiger partial charge < -0.3 is 5.32 Å². The van der Waals surface area contributed by atoms with Gasteiger partial charge in [-0.2, -0.15) is 12.6 Å². The summed E-state index contributed by atoms with van der Waals surface area (Å²) in [6.07, 6.45) is 3.76. The van der Waals surface area contributed by atoms with Crippen molar-refractivity contribution >= 4 is 40.2 Å². The first kappa shape index (κ1) is 13.9. The average Bonchev–Trinajstić information content (AvgIpc) is 3.11. The molecule has 1 aromatic carbocycles. The van der Waals surface area contributed by atoms with Crippen molar-refractivity contribution in [1.82, 2.24) is 0 Å². The van der Waals surface area contributed by atoms with Crippen LogP contribution in [0.25, 0.3) is 0 Å². The summed E-state index contributed by atoms with van der Waals surface area (Å²) in [5.41, 5.74) is 2.27. The molecule has 1 saturated carbocycles. The fraction of sp³-hybridized carbons (Fsp3) is 0.500. The molecule has 1 aliphatic rings. The summed E-state index contributed by atoms with van der Waals surface area (Å²) in [4.78, 5) is 12.0. The Bertz CT molecular complexity index is 457. The predicted octanol–water partition coefficient (Wildman–Crippen LogP) is 4.05. The summed E-state index contributed by atoms with van der Waals surface area (Å²) >= 11 is 7.78. The lowest BCUT2D eigenvalue weighted by Crippen LogP contribution is -2.19. The Morgan fingerprint density at radius 1 is 1.50 bits per heavy atom. The predicted molar refractivity (Wildman–Crippen MR) is 82.3 cm³/mol. The van der Waals surface area contributed by atoms with Crippen molar-refractivity contribution in [2.75, 3.05) is 11.1 Å². The van der Waals surface area contributed by atoms with E-state index in [-0.39, 0.29) is 11.3 Å². The lowest BCUT2D eigenvalue weighted by molar-refractivity contribution is -0.117. The number of rotatable bonds is 5. The minimum atomic E-state index is 0.110. The second-order valence-electron chi connectivity index (χ2n) is 5.04. The van der Waals surface area contributed by atoms with Gasteiger partial charge in [0.05, 0.1) is 0 Å². The number of hydrogen-bond acceptors (Lipinski definition) is 2. The molecule has 0 spiro atoms. The van der Waals surface area contributed by atoms with E-state index in [4.69, 9.17) is 0 Å². The van der Waals surface area contributed by atoms with Crippen LogP contribution in [0.2, 0.25) is 0 Å². The van der Waals surface area contributed by atoms with E-state index in [1.165, 1.54) is 0 Å². The summed E-state index contributed by atoms with van der Waals surface area (Å²) in [6, 6.07) is 5.97. The van der Waals surface area contributed by atoms with Crippen molar-refractivity contribution in [1.29, 1.82) is 0 Å². The van der Waals surface area contributed by atoms with Crippen LogP contribution in [-0.4, -0.2) is 11.7 Å². The van der Waals surface area contributed by atoms with Crippen molar-refractivity contribution in [2.24, 2.45) is 5.41 Å². The fourth-order valence-electron chi connectivity index (χ4n) is 2.08. The number of carbonyl (C=O) groups is 1. The summed E-state index contributed by atoms with van der Waals surface area (Å²) in [5, 5.41) is 3.03. The Kier molecular flexibility index (Phi) is 4.38. The number of nitrogens with one attached hydrogen (secondary N) is 1. The number of carbonyl (C=O) groups excluding carboxylic acids is 1. The Hall–Kier alpha value is -0.480. The molecule has 0 heterocycles. The monoisotopic (exact) mass is 327 g/mol. The maximum atomic E-state index is 12.0. The smallest absolute Gasteiger partial charge is 0.224 e. The second-order valence-corrected chi connectivity index (χ2v) is 6.27. The van der Waals surface area contributed by atoms with Gasteiger partial charge in [0, 0.05) is 16.6 Å². The Labute approximate surface area is 122 Å². The first-order valence-corrected chi connectivity index (χ1v) is 7.70. The van der Waals surface area contributed by atoms with Gasteiger partial charge in [0.15, 0.2) is 0 Å². The van der Waals surface area contributed by atoms with E-state index in [0.717, 1.165) is 40.7 Å². The van der Waals surface area contributed by atoms with Crippen molar-refractivity contribution in [3.05, 3.63) is 28.2 Å². The second kappa shape index (κ2) is 5.66. The van der Waals surface area contributed by atoms with Gasteiger partial charge in [0.1, 0.15) is 0 Å². The maximum Gasteiger partial charge on any atom is 0.224 e. The number of halogens is 1. The molecule has 0 aliphatic heterocycles. The van der Waals surface area contributed by atoms with Gasteiger partial charge in [0.2, 0.25) is 5.91 Å². The molecule has 18 heavy (non-hydrogen) atoms. The molecule has 2 rings (SSSR count). The molecule has 1 aliphatic carbocycles.